The van der Waals surface area contributed by atoms with E-state index in [1.165, 1.54) is 6.07 Å². The molecule has 1 aromatic carbocycles. The van der Waals surface area contributed by atoms with Crippen molar-refractivity contribution in [2.45, 2.75) is 33.1 Å². The van der Waals surface area contributed by atoms with Crippen LogP contribution in [-0.2, 0) is 5.41 Å². The van der Waals surface area contributed by atoms with E-state index in [4.69, 9.17) is 5.26 Å². The van der Waals surface area contributed by atoms with E-state index in [9.17, 15) is 4.39 Å². The van der Waals surface area contributed by atoms with Gasteiger partial charge in [-0.3, -0.25) is 0 Å². The fourth-order valence-corrected chi connectivity index (χ4v) is 1.74. The Kier molecular flexibility index (Phi) is 4.48. The molecule has 98 valence electrons. The van der Waals surface area contributed by atoms with Crippen molar-refractivity contribution in [3.8, 4) is 6.07 Å². The van der Waals surface area contributed by atoms with Crippen LogP contribution in [-0.4, -0.2) is 13.1 Å². The highest BCUT2D eigenvalue weighted by Gasteiger charge is 2.23. The largest absolute Gasteiger partial charge is 0.314 e. The summed E-state index contributed by atoms with van der Waals surface area (Å²) in [5.74, 6) is -0.210. The molecule has 0 radical (unpaired) electrons. The Balaban J connectivity index is 2.63. The second kappa shape index (κ2) is 5.49. The molecule has 0 fully saturated rings. The van der Waals surface area contributed by atoms with Crippen molar-refractivity contribution in [3.63, 3.8) is 0 Å². The van der Waals surface area contributed by atoms with Crippen molar-refractivity contribution in [1.82, 2.24) is 5.32 Å². The van der Waals surface area contributed by atoms with Crippen LogP contribution in [0, 0.1) is 22.6 Å². The first kappa shape index (κ1) is 14.7. The number of hydrogen-bond donors (Lipinski definition) is 1. The zero-order valence-electron chi connectivity index (χ0n) is 11.5. The summed E-state index contributed by atoms with van der Waals surface area (Å²) in [5.41, 5.74) is 0.427. The van der Waals surface area contributed by atoms with E-state index in [2.05, 4.69) is 25.2 Å². The Hall–Kier alpha value is -1.40. The van der Waals surface area contributed by atoms with Crippen molar-refractivity contribution in [2.24, 2.45) is 5.41 Å². The van der Waals surface area contributed by atoms with Gasteiger partial charge in [-0.1, -0.05) is 26.0 Å². The molecule has 18 heavy (non-hydrogen) atoms. The van der Waals surface area contributed by atoms with Gasteiger partial charge in [0.25, 0.3) is 0 Å². The highest BCUT2D eigenvalue weighted by atomic mass is 19.1. The topological polar surface area (TPSA) is 35.8 Å². The predicted octanol–water partition coefficient (Wildman–Crippen LogP) is 3.24. The minimum Gasteiger partial charge on any atom is -0.314 e. The van der Waals surface area contributed by atoms with Crippen LogP contribution < -0.4 is 5.32 Å². The summed E-state index contributed by atoms with van der Waals surface area (Å²) in [6.07, 6.45) is 0. The lowest BCUT2D eigenvalue weighted by atomic mass is 9.84. The van der Waals surface area contributed by atoms with Crippen LogP contribution in [0.5, 0.6) is 0 Å². The summed E-state index contributed by atoms with van der Waals surface area (Å²) in [5, 5.41) is 12.2. The van der Waals surface area contributed by atoms with E-state index >= 15 is 0 Å². The van der Waals surface area contributed by atoms with Gasteiger partial charge in [0.05, 0.1) is 11.5 Å². The molecular formula is C15H21FN2. The molecule has 3 heteroatoms. The maximum absolute atomic E-state index is 13.2. The maximum atomic E-state index is 13.2. The molecule has 0 saturated heterocycles. The van der Waals surface area contributed by atoms with Crippen molar-refractivity contribution >= 4 is 0 Å². The Morgan fingerprint density at radius 1 is 1.22 bits per heavy atom. The van der Waals surface area contributed by atoms with Gasteiger partial charge in [0.15, 0.2) is 0 Å². The van der Waals surface area contributed by atoms with Crippen molar-refractivity contribution in [3.05, 3.63) is 35.6 Å². The van der Waals surface area contributed by atoms with Crippen LogP contribution in [0.4, 0.5) is 4.39 Å². The third-order valence-corrected chi connectivity index (χ3v) is 3.04. The molecule has 1 rings (SSSR count). The van der Waals surface area contributed by atoms with Crippen LogP contribution in [0.3, 0.4) is 0 Å². The van der Waals surface area contributed by atoms with E-state index in [-0.39, 0.29) is 16.6 Å². The van der Waals surface area contributed by atoms with Gasteiger partial charge in [0.2, 0.25) is 0 Å². The first-order valence-corrected chi connectivity index (χ1v) is 6.15. The summed E-state index contributed by atoms with van der Waals surface area (Å²) in [6.45, 7) is 9.26. The normalized spacial score (nSPS) is 12.2. The molecule has 0 aliphatic rings. The van der Waals surface area contributed by atoms with Crippen LogP contribution in [0.2, 0.25) is 0 Å². The molecule has 0 atom stereocenters. The number of benzene rings is 1. The molecule has 0 spiro atoms. The first-order chi connectivity index (χ1) is 8.27. The van der Waals surface area contributed by atoms with E-state index in [1.54, 1.807) is 12.1 Å². The zero-order valence-corrected chi connectivity index (χ0v) is 11.5. The second-order valence-corrected chi connectivity index (χ2v) is 5.99. The van der Waals surface area contributed by atoms with Gasteiger partial charge in [-0.2, -0.15) is 5.26 Å². The van der Waals surface area contributed by atoms with E-state index in [0.717, 1.165) is 5.56 Å². The lowest BCUT2D eigenvalue weighted by molar-refractivity contribution is 0.396. The number of nitriles is 1. The third-order valence-electron chi connectivity index (χ3n) is 3.04. The van der Waals surface area contributed by atoms with Crippen molar-refractivity contribution in [1.29, 1.82) is 5.26 Å². The Labute approximate surface area is 109 Å². The molecule has 0 bridgehead atoms. The number of hydrogen-bond acceptors (Lipinski definition) is 2. The Bertz CT molecular complexity index is 444. The number of nitrogens with zero attached hydrogens (tertiary/aromatic N) is 1. The average molecular weight is 248 g/mol. The maximum Gasteiger partial charge on any atom is 0.123 e. The summed E-state index contributed by atoms with van der Waals surface area (Å²) in [4.78, 5) is 0. The molecular weight excluding hydrogens is 227 g/mol. The average Bonchev–Trinajstić information content (AvgIpc) is 2.28. The minimum atomic E-state index is -0.377. The van der Waals surface area contributed by atoms with Gasteiger partial charge in [-0.15, -0.1) is 0 Å². The second-order valence-electron chi connectivity index (χ2n) is 5.99. The van der Waals surface area contributed by atoms with Gasteiger partial charge in [-0.05, 0) is 31.5 Å². The fourth-order valence-electron chi connectivity index (χ4n) is 1.74. The minimum absolute atomic E-state index is 0.159. The first-order valence-electron chi connectivity index (χ1n) is 6.15. The molecule has 0 aliphatic carbocycles. The van der Waals surface area contributed by atoms with Crippen LogP contribution >= 0.6 is 0 Å². The predicted molar refractivity (Wildman–Crippen MR) is 71.7 cm³/mol. The van der Waals surface area contributed by atoms with E-state index in [0.29, 0.717) is 13.1 Å². The van der Waals surface area contributed by atoms with Crippen molar-refractivity contribution < 1.29 is 4.39 Å². The Morgan fingerprint density at radius 2 is 1.89 bits per heavy atom. The molecule has 0 heterocycles. The molecule has 2 nitrogen and oxygen atoms in total. The Morgan fingerprint density at radius 3 is 2.44 bits per heavy atom. The summed E-state index contributed by atoms with van der Waals surface area (Å²) < 4.78 is 13.2. The highest BCUT2D eigenvalue weighted by molar-refractivity contribution is 5.24. The molecule has 0 aliphatic heterocycles. The smallest absolute Gasteiger partial charge is 0.123 e. The standard InChI is InChI=1S/C15H21FN2/c1-14(2,9-17)10-18-11-15(3,4)12-6-5-7-13(16)8-12/h5-8,18H,10-11H2,1-4H3. The summed E-state index contributed by atoms with van der Waals surface area (Å²) >= 11 is 0. The number of nitrogens with one attached hydrogen (secondary N) is 1. The van der Waals surface area contributed by atoms with Gasteiger partial charge >= 0.3 is 0 Å². The van der Waals surface area contributed by atoms with Gasteiger partial charge in [-0.25, -0.2) is 4.39 Å². The van der Waals surface area contributed by atoms with E-state index < -0.39 is 0 Å². The van der Waals surface area contributed by atoms with Gasteiger partial charge < -0.3 is 5.32 Å². The van der Waals surface area contributed by atoms with Crippen LogP contribution in [0.25, 0.3) is 0 Å². The monoisotopic (exact) mass is 248 g/mol. The van der Waals surface area contributed by atoms with Crippen molar-refractivity contribution in [2.75, 3.05) is 13.1 Å². The molecule has 0 saturated carbocycles. The quantitative estimate of drug-likeness (QED) is 0.868. The molecule has 0 amide bonds. The molecule has 0 aromatic heterocycles. The summed E-state index contributed by atoms with van der Waals surface area (Å²) in [6, 6.07) is 8.93. The van der Waals surface area contributed by atoms with Gasteiger partial charge in [0, 0.05) is 18.5 Å². The SMILES string of the molecule is CC(C)(C#N)CNCC(C)(C)c1cccc(F)c1. The molecule has 0 unspecified atom stereocenters. The summed E-state index contributed by atoms with van der Waals surface area (Å²) in [7, 11) is 0. The zero-order chi connectivity index (χ0) is 13.8. The molecule has 1 N–H and O–H groups in total. The fraction of sp³-hybridized carbons (Fsp3) is 0.533. The van der Waals surface area contributed by atoms with Crippen LogP contribution in [0.15, 0.2) is 24.3 Å². The molecule has 1 aromatic rings. The lowest BCUT2D eigenvalue weighted by Crippen LogP contribution is -2.37. The number of rotatable bonds is 5. The highest BCUT2D eigenvalue weighted by Crippen LogP contribution is 2.23. The van der Waals surface area contributed by atoms with Crippen LogP contribution in [0.1, 0.15) is 33.3 Å². The van der Waals surface area contributed by atoms with E-state index in [1.807, 2.05) is 19.9 Å². The lowest BCUT2D eigenvalue weighted by Gasteiger charge is -2.27. The van der Waals surface area contributed by atoms with Gasteiger partial charge in [0.1, 0.15) is 5.82 Å². The third kappa shape index (κ3) is 4.12. The number of halogens is 1.